The number of benzene rings is 1. The number of H-pyrrole nitrogens is 1. The van der Waals surface area contributed by atoms with Gasteiger partial charge in [0.1, 0.15) is 5.75 Å². The predicted molar refractivity (Wildman–Crippen MR) is 78.9 cm³/mol. The van der Waals surface area contributed by atoms with Crippen molar-refractivity contribution in [2.24, 2.45) is 0 Å². The number of aromatic nitrogens is 2. The van der Waals surface area contributed by atoms with Crippen LogP contribution in [-0.4, -0.2) is 40.3 Å². The van der Waals surface area contributed by atoms with Crippen molar-refractivity contribution in [3.63, 3.8) is 0 Å². The third-order valence-electron chi connectivity index (χ3n) is 3.45. The topological polar surface area (TPSA) is 58.2 Å². The summed E-state index contributed by atoms with van der Waals surface area (Å²) in [6, 6.07) is 5.75. The number of fused-ring (bicyclic) bond motifs is 1. The van der Waals surface area contributed by atoms with Gasteiger partial charge in [0.05, 0.1) is 24.0 Å². The van der Waals surface area contributed by atoms with Crippen LogP contribution in [0.15, 0.2) is 23.4 Å². The second kappa shape index (κ2) is 5.75. The van der Waals surface area contributed by atoms with Gasteiger partial charge in [0.2, 0.25) is 5.91 Å². The summed E-state index contributed by atoms with van der Waals surface area (Å²) in [7, 11) is 1.65. The van der Waals surface area contributed by atoms with Crippen LogP contribution in [0.1, 0.15) is 19.3 Å². The molecule has 0 aliphatic carbocycles. The Bertz CT molecular complexity index is 626. The fourth-order valence-corrected chi connectivity index (χ4v) is 3.19. The number of aromatic amines is 1. The van der Waals surface area contributed by atoms with E-state index < -0.39 is 0 Å². The van der Waals surface area contributed by atoms with Crippen LogP contribution in [0.3, 0.4) is 0 Å². The van der Waals surface area contributed by atoms with Gasteiger partial charge in [0, 0.05) is 19.0 Å². The molecule has 1 saturated heterocycles. The number of hydrogen-bond acceptors (Lipinski definition) is 4. The molecule has 5 nitrogen and oxygen atoms in total. The van der Waals surface area contributed by atoms with Crippen LogP contribution < -0.4 is 4.74 Å². The van der Waals surface area contributed by atoms with E-state index in [1.165, 1.54) is 0 Å². The third kappa shape index (κ3) is 2.75. The predicted octanol–water partition coefficient (Wildman–Crippen LogP) is 2.63. The van der Waals surface area contributed by atoms with E-state index in [-0.39, 0.29) is 5.91 Å². The number of nitrogens with zero attached hydrogens (tertiary/aromatic N) is 2. The molecule has 1 aliphatic rings. The summed E-state index contributed by atoms with van der Waals surface area (Å²) in [5, 5.41) is 0.839. The molecular weight excluding hydrogens is 274 g/mol. The maximum Gasteiger partial charge on any atom is 0.223 e. The Hall–Kier alpha value is -1.69. The second-order valence-electron chi connectivity index (χ2n) is 4.81. The van der Waals surface area contributed by atoms with E-state index in [0.717, 1.165) is 41.3 Å². The summed E-state index contributed by atoms with van der Waals surface area (Å²) >= 11 is 1.57. The Kier molecular flexibility index (Phi) is 3.82. The molecule has 2 heterocycles. The largest absolute Gasteiger partial charge is 0.497 e. The normalized spacial score (nSPS) is 15.8. The lowest BCUT2D eigenvalue weighted by atomic mass is 10.1. The van der Waals surface area contributed by atoms with Gasteiger partial charge >= 0.3 is 0 Å². The van der Waals surface area contributed by atoms with E-state index in [1.54, 1.807) is 18.9 Å². The first-order valence-electron chi connectivity index (χ1n) is 6.70. The van der Waals surface area contributed by atoms with Gasteiger partial charge in [-0.05, 0) is 25.0 Å². The minimum absolute atomic E-state index is 0.251. The van der Waals surface area contributed by atoms with Crippen molar-refractivity contribution in [1.82, 2.24) is 14.9 Å². The van der Waals surface area contributed by atoms with Crippen LogP contribution in [0, 0.1) is 0 Å². The first-order chi connectivity index (χ1) is 9.76. The molecule has 0 unspecified atom stereocenters. The van der Waals surface area contributed by atoms with Gasteiger partial charge in [-0.3, -0.25) is 4.79 Å². The van der Waals surface area contributed by atoms with Crippen molar-refractivity contribution >= 4 is 28.7 Å². The Morgan fingerprint density at radius 3 is 3.15 bits per heavy atom. The highest BCUT2D eigenvalue weighted by Crippen LogP contribution is 2.24. The van der Waals surface area contributed by atoms with Crippen LogP contribution in [0.4, 0.5) is 0 Å². The molecule has 0 spiro atoms. The number of thioether (sulfide) groups is 1. The van der Waals surface area contributed by atoms with Gasteiger partial charge in [0.15, 0.2) is 5.16 Å². The van der Waals surface area contributed by atoms with Crippen LogP contribution in [0.2, 0.25) is 0 Å². The van der Waals surface area contributed by atoms with Crippen molar-refractivity contribution in [2.45, 2.75) is 24.4 Å². The molecule has 2 aromatic rings. The van der Waals surface area contributed by atoms with Crippen LogP contribution >= 0.6 is 11.8 Å². The number of amides is 1. The summed E-state index contributed by atoms with van der Waals surface area (Å²) in [5.74, 6) is 1.72. The first kappa shape index (κ1) is 13.3. The van der Waals surface area contributed by atoms with E-state index in [4.69, 9.17) is 4.74 Å². The van der Waals surface area contributed by atoms with Crippen LogP contribution in [0.25, 0.3) is 11.0 Å². The fourth-order valence-electron chi connectivity index (χ4n) is 2.30. The number of rotatable bonds is 4. The number of hydrogen-bond donors (Lipinski definition) is 1. The van der Waals surface area contributed by atoms with E-state index in [1.807, 2.05) is 23.1 Å². The minimum atomic E-state index is 0.251. The van der Waals surface area contributed by atoms with Crippen LogP contribution in [-0.2, 0) is 4.79 Å². The lowest BCUT2D eigenvalue weighted by Gasteiger charge is -2.25. The number of imidazole rings is 1. The summed E-state index contributed by atoms with van der Waals surface area (Å²) in [5.41, 5.74) is 1.87. The molecule has 0 bridgehead atoms. The van der Waals surface area contributed by atoms with Gasteiger partial charge in [-0.2, -0.15) is 0 Å². The van der Waals surface area contributed by atoms with Gasteiger partial charge in [-0.1, -0.05) is 11.8 Å². The van der Waals surface area contributed by atoms with E-state index in [9.17, 15) is 4.79 Å². The molecule has 1 fully saturated rings. The summed E-state index contributed by atoms with van der Waals surface area (Å²) in [4.78, 5) is 21.4. The van der Waals surface area contributed by atoms with Gasteiger partial charge < -0.3 is 14.6 Å². The minimum Gasteiger partial charge on any atom is -0.497 e. The molecule has 1 aliphatic heterocycles. The standard InChI is InChI=1S/C14H17N3O2S/c1-19-10-5-6-11-12(8-10)16-14(15-11)20-9-17-7-3-2-4-13(17)18/h5-6,8H,2-4,7,9H2,1H3,(H,15,16). The highest BCUT2D eigenvalue weighted by atomic mass is 32.2. The zero-order valence-electron chi connectivity index (χ0n) is 11.4. The quantitative estimate of drug-likeness (QED) is 0.880. The molecule has 20 heavy (non-hydrogen) atoms. The second-order valence-corrected chi connectivity index (χ2v) is 5.75. The van der Waals surface area contributed by atoms with Crippen molar-refractivity contribution in [3.05, 3.63) is 18.2 Å². The molecule has 6 heteroatoms. The van der Waals surface area contributed by atoms with Crippen molar-refractivity contribution < 1.29 is 9.53 Å². The molecule has 0 atom stereocenters. The number of likely N-dealkylation sites (tertiary alicyclic amines) is 1. The molecule has 106 valence electrons. The molecule has 1 aromatic heterocycles. The van der Waals surface area contributed by atoms with Crippen molar-refractivity contribution in [1.29, 1.82) is 0 Å². The zero-order chi connectivity index (χ0) is 13.9. The highest BCUT2D eigenvalue weighted by Gasteiger charge is 2.18. The molecule has 1 N–H and O–H groups in total. The fraction of sp³-hybridized carbons (Fsp3) is 0.429. The van der Waals surface area contributed by atoms with Crippen molar-refractivity contribution in [2.75, 3.05) is 19.5 Å². The average Bonchev–Trinajstić information content (AvgIpc) is 2.88. The van der Waals surface area contributed by atoms with Gasteiger partial charge in [0.25, 0.3) is 0 Å². The maximum atomic E-state index is 11.7. The Labute approximate surface area is 121 Å². The smallest absolute Gasteiger partial charge is 0.223 e. The monoisotopic (exact) mass is 291 g/mol. The van der Waals surface area contributed by atoms with Gasteiger partial charge in [-0.15, -0.1) is 0 Å². The summed E-state index contributed by atoms with van der Waals surface area (Å²) in [6.45, 7) is 0.861. The zero-order valence-corrected chi connectivity index (χ0v) is 12.2. The van der Waals surface area contributed by atoms with Crippen LogP contribution in [0.5, 0.6) is 5.75 Å². The number of methoxy groups -OCH3 is 1. The lowest BCUT2D eigenvalue weighted by Crippen LogP contribution is -2.34. The Morgan fingerprint density at radius 1 is 1.45 bits per heavy atom. The maximum absolute atomic E-state index is 11.7. The Balaban J connectivity index is 1.69. The summed E-state index contributed by atoms with van der Waals surface area (Å²) in [6.07, 6.45) is 2.80. The SMILES string of the molecule is COc1ccc2nc(SCN3CCCCC3=O)[nH]c2c1. The van der Waals surface area contributed by atoms with E-state index in [2.05, 4.69) is 9.97 Å². The molecular formula is C14H17N3O2S. The number of carbonyl (C=O) groups excluding carboxylic acids is 1. The first-order valence-corrected chi connectivity index (χ1v) is 7.69. The summed E-state index contributed by atoms with van der Waals surface area (Å²) < 4.78 is 5.19. The third-order valence-corrected chi connectivity index (χ3v) is 4.35. The van der Waals surface area contributed by atoms with E-state index in [0.29, 0.717) is 12.3 Å². The molecule has 1 aromatic carbocycles. The molecule has 3 rings (SSSR count). The average molecular weight is 291 g/mol. The number of nitrogens with one attached hydrogen (secondary N) is 1. The Morgan fingerprint density at radius 2 is 2.35 bits per heavy atom. The number of piperidine rings is 1. The lowest BCUT2D eigenvalue weighted by molar-refractivity contribution is -0.132. The van der Waals surface area contributed by atoms with E-state index >= 15 is 0 Å². The molecule has 0 radical (unpaired) electrons. The highest BCUT2D eigenvalue weighted by molar-refractivity contribution is 7.99. The number of ether oxygens (including phenoxy) is 1. The molecule has 1 amide bonds. The van der Waals surface area contributed by atoms with Crippen molar-refractivity contribution in [3.8, 4) is 5.75 Å². The number of carbonyl (C=O) groups is 1. The molecule has 0 saturated carbocycles. The van der Waals surface area contributed by atoms with Gasteiger partial charge in [-0.25, -0.2) is 4.98 Å².